The SMILES string of the molecule is O=C(O)C1CC(NC(=O)C2(c3ccc(Cl)cc3)CCCC2)C1. The van der Waals surface area contributed by atoms with Crippen LogP contribution in [-0.4, -0.2) is 23.0 Å². The first-order chi connectivity index (χ1) is 10.5. The Hall–Kier alpha value is -1.55. The minimum atomic E-state index is -0.765. The molecule has 3 rings (SSSR count). The standard InChI is InChI=1S/C17H20ClNO3/c18-13-5-3-12(4-6-13)17(7-1-2-8-17)16(22)19-14-9-11(10-14)15(20)21/h3-6,11,14H,1-2,7-10H2,(H,19,22)(H,20,21). The number of carboxylic acid groups (broad SMARTS) is 1. The summed E-state index contributed by atoms with van der Waals surface area (Å²) < 4.78 is 0. The van der Waals surface area contributed by atoms with E-state index in [1.165, 1.54) is 0 Å². The van der Waals surface area contributed by atoms with Gasteiger partial charge in [-0.3, -0.25) is 9.59 Å². The highest BCUT2D eigenvalue weighted by molar-refractivity contribution is 6.30. The van der Waals surface area contributed by atoms with Crippen molar-refractivity contribution in [3.63, 3.8) is 0 Å². The van der Waals surface area contributed by atoms with Gasteiger partial charge in [0.25, 0.3) is 0 Å². The topological polar surface area (TPSA) is 66.4 Å². The van der Waals surface area contributed by atoms with Crippen LogP contribution < -0.4 is 5.32 Å². The summed E-state index contributed by atoms with van der Waals surface area (Å²) in [4.78, 5) is 23.7. The molecule has 1 aromatic rings. The lowest BCUT2D eigenvalue weighted by atomic mass is 9.75. The lowest BCUT2D eigenvalue weighted by Gasteiger charge is -2.37. The zero-order valence-electron chi connectivity index (χ0n) is 12.3. The van der Waals surface area contributed by atoms with E-state index in [4.69, 9.17) is 16.7 Å². The number of carboxylic acids is 1. The number of nitrogens with one attached hydrogen (secondary N) is 1. The maximum absolute atomic E-state index is 12.8. The van der Waals surface area contributed by atoms with E-state index in [-0.39, 0.29) is 17.9 Å². The van der Waals surface area contributed by atoms with Gasteiger partial charge < -0.3 is 10.4 Å². The molecule has 2 N–H and O–H groups in total. The first-order valence-electron chi connectivity index (χ1n) is 7.81. The number of hydrogen-bond donors (Lipinski definition) is 2. The molecule has 4 nitrogen and oxygen atoms in total. The van der Waals surface area contributed by atoms with Gasteiger partial charge in [0.05, 0.1) is 11.3 Å². The summed E-state index contributed by atoms with van der Waals surface area (Å²) in [6.07, 6.45) is 4.84. The molecular formula is C17H20ClNO3. The van der Waals surface area contributed by atoms with Crippen molar-refractivity contribution >= 4 is 23.5 Å². The van der Waals surface area contributed by atoms with Crippen LogP contribution in [0, 0.1) is 5.92 Å². The fourth-order valence-corrected chi connectivity index (χ4v) is 3.78. The van der Waals surface area contributed by atoms with Gasteiger partial charge in [-0.25, -0.2) is 0 Å². The molecule has 2 saturated carbocycles. The summed E-state index contributed by atoms with van der Waals surface area (Å²) in [5.41, 5.74) is 0.542. The van der Waals surface area contributed by atoms with Crippen molar-refractivity contribution in [2.45, 2.75) is 50.0 Å². The second kappa shape index (κ2) is 5.92. The zero-order valence-corrected chi connectivity index (χ0v) is 13.1. The Bertz CT molecular complexity index is 572. The van der Waals surface area contributed by atoms with E-state index in [9.17, 15) is 9.59 Å². The molecule has 5 heteroatoms. The molecule has 2 aliphatic carbocycles. The Balaban J connectivity index is 1.72. The van der Waals surface area contributed by atoms with Crippen molar-refractivity contribution in [2.24, 2.45) is 5.92 Å². The van der Waals surface area contributed by atoms with Crippen LogP contribution in [-0.2, 0) is 15.0 Å². The number of rotatable bonds is 4. The average Bonchev–Trinajstić information content (AvgIpc) is 2.93. The molecule has 0 aromatic heterocycles. The number of benzene rings is 1. The molecule has 0 aliphatic heterocycles. The second-order valence-corrected chi connectivity index (χ2v) is 6.91. The largest absolute Gasteiger partial charge is 0.481 e. The van der Waals surface area contributed by atoms with Crippen LogP contribution >= 0.6 is 11.6 Å². The van der Waals surface area contributed by atoms with Crippen molar-refractivity contribution in [1.29, 1.82) is 0 Å². The van der Waals surface area contributed by atoms with Gasteiger partial charge in [0.1, 0.15) is 0 Å². The Morgan fingerprint density at radius 1 is 1.14 bits per heavy atom. The predicted octanol–water partition coefficient (Wildman–Crippen LogP) is 3.13. The monoisotopic (exact) mass is 321 g/mol. The molecule has 0 atom stereocenters. The van der Waals surface area contributed by atoms with Gasteiger partial charge in [0.2, 0.25) is 5.91 Å². The van der Waals surface area contributed by atoms with E-state index in [0.29, 0.717) is 17.9 Å². The van der Waals surface area contributed by atoms with Crippen LogP contribution in [0.1, 0.15) is 44.1 Å². The van der Waals surface area contributed by atoms with Crippen molar-refractivity contribution in [2.75, 3.05) is 0 Å². The summed E-state index contributed by atoms with van der Waals surface area (Å²) in [7, 11) is 0. The van der Waals surface area contributed by atoms with Crippen LogP contribution in [0.4, 0.5) is 0 Å². The Kier molecular flexibility index (Phi) is 4.13. The molecule has 0 unspecified atom stereocenters. The van der Waals surface area contributed by atoms with Gasteiger partial charge in [0, 0.05) is 11.1 Å². The van der Waals surface area contributed by atoms with Gasteiger partial charge >= 0.3 is 5.97 Å². The predicted molar refractivity (Wildman–Crippen MR) is 83.9 cm³/mol. The maximum Gasteiger partial charge on any atom is 0.306 e. The number of carbonyl (C=O) groups is 2. The minimum Gasteiger partial charge on any atom is -0.481 e. The Morgan fingerprint density at radius 2 is 1.73 bits per heavy atom. The number of halogens is 1. The molecule has 0 saturated heterocycles. The van der Waals surface area contributed by atoms with Gasteiger partial charge in [-0.1, -0.05) is 36.6 Å². The number of amides is 1. The molecule has 2 aliphatic rings. The fraction of sp³-hybridized carbons (Fsp3) is 0.529. The summed E-state index contributed by atoms with van der Waals surface area (Å²) in [6.45, 7) is 0. The minimum absolute atomic E-state index is 0.00150. The quantitative estimate of drug-likeness (QED) is 0.895. The summed E-state index contributed by atoms with van der Waals surface area (Å²) >= 11 is 5.95. The van der Waals surface area contributed by atoms with Crippen LogP contribution in [0.3, 0.4) is 0 Å². The highest BCUT2D eigenvalue weighted by atomic mass is 35.5. The number of carbonyl (C=O) groups excluding carboxylic acids is 1. The Morgan fingerprint density at radius 3 is 2.27 bits per heavy atom. The van der Waals surface area contributed by atoms with Gasteiger partial charge in [-0.2, -0.15) is 0 Å². The molecule has 0 bridgehead atoms. The third kappa shape index (κ3) is 2.72. The van der Waals surface area contributed by atoms with Gasteiger partial charge in [0.15, 0.2) is 0 Å². The molecule has 118 valence electrons. The maximum atomic E-state index is 12.8. The molecule has 0 heterocycles. The summed E-state index contributed by atoms with van der Waals surface area (Å²) in [5.74, 6) is -1.03. The van der Waals surface area contributed by atoms with E-state index in [0.717, 1.165) is 31.2 Å². The van der Waals surface area contributed by atoms with E-state index in [1.54, 1.807) is 0 Å². The van der Waals surface area contributed by atoms with E-state index >= 15 is 0 Å². The lowest BCUT2D eigenvalue weighted by Crippen LogP contribution is -2.52. The average molecular weight is 322 g/mol. The molecule has 22 heavy (non-hydrogen) atoms. The van der Waals surface area contributed by atoms with Crippen molar-refractivity contribution in [1.82, 2.24) is 5.32 Å². The molecule has 1 aromatic carbocycles. The van der Waals surface area contributed by atoms with E-state index < -0.39 is 11.4 Å². The number of hydrogen-bond acceptors (Lipinski definition) is 2. The zero-order chi connectivity index (χ0) is 15.7. The van der Waals surface area contributed by atoms with Crippen LogP contribution in [0.25, 0.3) is 0 Å². The summed E-state index contributed by atoms with van der Waals surface area (Å²) in [5, 5.41) is 12.7. The highest BCUT2D eigenvalue weighted by Gasteiger charge is 2.45. The Labute approximate surface area is 134 Å². The van der Waals surface area contributed by atoms with Gasteiger partial charge in [-0.15, -0.1) is 0 Å². The summed E-state index contributed by atoms with van der Waals surface area (Å²) in [6, 6.07) is 7.53. The molecule has 0 spiro atoms. The second-order valence-electron chi connectivity index (χ2n) is 6.47. The van der Waals surface area contributed by atoms with Crippen molar-refractivity contribution in [3.8, 4) is 0 Å². The highest BCUT2D eigenvalue weighted by Crippen LogP contribution is 2.42. The van der Waals surface area contributed by atoms with Crippen LogP contribution in [0.15, 0.2) is 24.3 Å². The van der Waals surface area contributed by atoms with Crippen LogP contribution in [0.5, 0.6) is 0 Å². The lowest BCUT2D eigenvalue weighted by molar-refractivity contribution is -0.146. The molecule has 2 fully saturated rings. The smallest absolute Gasteiger partial charge is 0.306 e. The first-order valence-corrected chi connectivity index (χ1v) is 8.19. The van der Waals surface area contributed by atoms with Gasteiger partial charge in [-0.05, 0) is 43.4 Å². The number of aliphatic carboxylic acids is 1. The third-order valence-corrected chi connectivity index (χ3v) is 5.36. The van der Waals surface area contributed by atoms with Crippen molar-refractivity contribution in [3.05, 3.63) is 34.9 Å². The van der Waals surface area contributed by atoms with E-state index in [1.807, 2.05) is 24.3 Å². The van der Waals surface area contributed by atoms with Crippen LogP contribution in [0.2, 0.25) is 5.02 Å². The molecule has 1 amide bonds. The first kappa shape index (κ1) is 15.3. The van der Waals surface area contributed by atoms with E-state index in [2.05, 4.69) is 5.32 Å². The molecular weight excluding hydrogens is 302 g/mol. The molecule has 0 radical (unpaired) electrons. The third-order valence-electron chi connectivity index (χ3n) is 5.11. The fourth-order valence-electron chi connectivity index (χ4n) is 3.66. The normalized spacial score (nSPS) is 26.2. The van der Waals surface area contributed by atoms with Crippen molar-refractivity contribution < 1.29 is 14.7 Å².